The third kappa shape index (κ3) is 5.68. The molecule has 1 aromatic rings. The predicted octanol–water partition coefficient (Wildman–Crippen LogP) is 3.93. The number of rotatable bonds is 3. The molecule has 2 N–H and O–H groups in total. The molecule has 1 rings (SSSR count). The van der Waals surface area contributed by atoms with Crippen molar-refractivity contribution in [1.29, 1.82) is 0 Å². The second-order valence-electron chi connectivity index (χ2n) is 7.75. The van der Waals surface area contributed by atoms with Crippen LogP contribution in [0.5, 0.6) is 0 Å². The van der Waals surface area contributed by atoms with Crippen molar-refractivity contribution < 1.29 is 14.6 Å². The molecule has 0 bridgehead atoms. The minimum Gasteiger partial charge on any atom is -0.444 e. The number of aliphatic hydroxyl groups excluding tert-OH is 1. The Labute approximate surface area is 133 Å². The lowest BCUT2D eigenvalue weighted by Crippen LogP contribution is -2.40. The first-order valence-corrected chi connectivity index (χ1v) is 7.68. The molecule has 0 heterocycles. The monoisotopic (exact) mass is 307 g/mol. The van der Waals surface area contributed by atoms with E-state index < -0.39 is 23.8 Å². The zero-order valence-corrected chi connectivity index (χ0v) is 14.7. The number of ether oxygens (including phenoxy) is 1. The number of hydrogen-bond acceptors (Lipinski definition) is 3. The molecular weight excluding hydrogens is 278 g/mol. The first-order valence-electron chi connectivity index (χ1n) is 7.68. The number of carbonyl (C=O) groups is 1. The van der Waals surface area contributed by atoms with Gasteiger partial charge < -0.3 is 15.2 Å². The summed E-state index contributed by atoms with van der Waals surface area (Å²) in [5.41, 5.74) is 1.50. The topological polar surface area (TPSA) is 58.6 Å². The fourth-order valence-electron chi connectivity index (χ4n) is 2.04. The van der Waals surface area contributed by atoms with Crippen LogP contribution in [-0.4, -0.2) is 22.8 Å². The number of alkyl carbamates (subject to hydrolysis) is 1. The van der Waals surface area contributed by atoms with Crippen molar-refractivity contribution >= 4 is 6.09 Å². The van der Waals surface area contributed by atoms with Gasteiger partial charge in [0.05, 0.1) is 12.1 Å². The van der Waals surface area contributed by atoms with E-state index in [-0.39, 0.29) is 5.41 Å². The highest BCUT2D eigenvalue weighted by Gasteiger charge is 2.23. The SMILES string of the molecule is CC(NC(=O)OC(C)(C)C)C(O)c1ccc(C(C)(C)C)cc1. The Balaban J connectivity index is 2.71. The molecule has 0 fully saturated rings. The van der Waals surface area contributed by atoms with Gasteiger partial charge in [0.15, 0.2) is 0 Å². The Kier molecular flexibility index (Phi) is 5.63. The van der Waals surface area contributed by atoms with Crippen LogP contribution in [-0.2, 0) is 10.2 Å². The van der Waals surface area contributed by atoms with E-state index >= 15 is 0 Å². The largest absolute Gasteiger partial charge is 0.444 e. The van der Waals surface area contributed by atoms with Crippen LogP contribution in [0, 0.1) is 0 Å². The van der Waals surface area contributed by atoms with Crippen molar-refractivity contribution in [1.82, 2.24) is 5.32 Å². The molecule has 0 saturated heterocycles. The second kappa shape index (κ2) is 6.69. The van der Waals surface area contributed by atoms with Gasteiger partial charge in [0.2, 0.25) is 0 Å². The normalized spacial score (nSPS) is 15.1. The predicted molar refractivity (Wildman–Crippen MR) is 88.9 cm³/mol. The maximum absolute atomic E-state index is 11.7. The molecule has 0 aromatic heterocycles. The summed E-state index contributed by atoms with van der Waals surface area (Å²) in [6.07, 6.45) is -1.30. The molecule has 0 spiro atoms. The Hall–Kier alpha value is -1.55. The fraction of sp³-hybridized carbons (Fsp3) is 0.611. The van der Waals surface area contributed by atoms with Crippen molar-refractivity contribution in [3.05, 3.63) is 35.4 Å². The van der Waals surface area contributed by atoms with E-state index in [1.807, 2.05) is 24.3 Å². The number of carbonyl (C=O) groups excluding carboxylic acids is 1. The highest BCUT2D eigenvalue weighted by atomic mass is 16.6. The standard InChI is InChI=1S/C18H29NO3/c1-12(19-16(21)22-18(5,6)7)15(20)13-8-10-14(11-9-13)17(2,3)4/h8-12,15,20H,1-7H3,(H,19,21). The van der Waals surface area contributed by atoms with Gasteiger partial charge in [-0.2, -0.15) is 0 Å². The van der Waals surface area contributed by atoms with Gasteiger partial charge in [0.1, 0.15) is 5.60 Å². The first kappa shape index (κ1) is 18.5. The molecule has 0 radical (unpaired) electrons. The lowest BCUT2D eigenvalue weighted by Gasteiger charge is -2.25. The van der Waals surface area contributed by atoms with Crippen LogP contribution in [0.25, 0.3) is 0 Å². The summed E-state index contributed by atoms with van der Waals surface area (Å²) in [5, 5.41) is 13.0. The molecule has 1 aromatic carbocycles. The van der Waals surface area contributed by atoms with Crippen molar-refractivity contribution in [2.24, 2.45) is 0 Å². The van der Waals surface area contributed by atoms with Gasteiger partial charge in [-0.25, -0.2) is 4.79 Å². The van der Waals surface area contributed by atoms with Crippen LogP contribution in [0.1, 0.15) is 65.7 Å². The van der Waals surface area contributed by atoms with Gasteiger partial charge in [-0.05, 0) is 44.2 Å². The summed E-state index contributed by atoms with van der Waals surface area (Å²) in [4.78, 5) is 11.7. The van der Waals surface area contributed by atoms with Crippen molar-refractivity contribution in [3.63, 3.8) is 0 Å². The lowest BCUT2D eigenvalue weighted by atomic mass is 9.86. The average molecular weight is 307 g/mol. The van der Waals surface area contributed by atoms with E-state index in [0.717, 1.165) is 5.56 Å². The molecule has 2 atom stereocenters. The Morgan fingerprint density at radius 1 is 1.09 bits per heavy atom. The number of hydrogen-bond donors (Lipinski definition) is 2. The van der Waals surface area contributed by atoms with Gasteiger partial charge in [0.25, 0.3) is 0 Å². The molecule has 0 aliphatic heterocycles. The summed E-state index contributed by atoms with van der Waals surface area (Å²) >= 11 is 0. The molecule has 0 aliphatic rings. The minimum absolute atomic E-state index is 0.0733. The molecule has 2 unspecified atom stereocenters. The van der Waals surface area contributed by atoms with Gasteiger partial charge in [-0.1, -0.05) is 45.0 Å². The van der Waals surface area contributed by atoms with E-state index in [0.29, 0.717) is 0 Å². The summed E-state index contributed by atoms with van der Waals surface area (Å²) in [6, 6.07) is 7.39. The molecule has 4 heteroatoms. The van der Waals surface area contributed by atoms with Crippen LogP contribution < -0.4 is 5.32 Å². The summed E-state index contributed by atoms with van der Waals surface area (Å²) in [6.45, 7) is 13.6. The maximum atomic E-state index is 11.7. The summed E-state index contributed by atoms with van der Waals surface area (Å²) in [5.74, 6) is 0. The Bertz CT molecular complexity index is 495. The molecule has 0 saturated carbocycles. The van der Waals surface area contributed by atoms with Crippen molar-refractivity contribution in [2.75, 3.05) is 0 Å². The van der Waals surface area contributed by atoms with E-state index in [9.17, 15) is 9.90 Å². The molecular formula is C18H29NO3. The van der Waals surface area contributed by atoms with Gasteiger partial charge in [0, 0.05) is 0 Å². The summed E-state index contributed by atoms with van der Waals surface area (Å²) in [7, 11) is 0. The van der Waals surface area contributed by atoms with Gasteiger partial charge >= 0.3 is 6.09 Å². The van der Waals surface area contributed by atoms with E-state index in [2.05, 4.69) is 26.1 Å². The fourth-order valence-corrected chi connectivity index (χ4v) is 2.04. The van der Waals surface area contributed by atoms with E-state index in [1.54, 1.807) is 27.7 Å². The number of amides is 1. The van der Waals surface area contributed by atoms with Gasteiger partial charge in [-0.15, -0.1) is 0 Å². The number of aliphatic hydroxyl groups is 1. The van der Waals surface area contributed by atoms with E-state index in [4.69, 9.17) is 4.74 Å². The zero-order chi connectivity index (χ0) is 17.1. The second-order valence-corrected chi connectivity index (χ2v) is 7.75. The smallest absolute Gasteiger partial charge is 0.407 e. The highest BCUT2D eigenvalue weighted by molar-refractivity contribution is 5.68. The molecule has 0 aliphatic carbocycles. The van der Waals surface area contributed by atoms with Crippen molar-refractivity contribution in [2.45, 2.75) is 71.6 Å². The third-order valence-corrected chi connectivity index (χ3v) is 3.34. The third-order valence-electron chi connectivity index (χ3n) is 3.34. The van der Waals surface area contributed by atoms with Crippen LogP contribution in [0.3, 0.4) is 0 Å². The van der Waals surface area contributed by atoms with E-state index in [1.165, 1.54) is 5.56 Å². The van der Waals surface area contributed by atoms with Crippen LogP contribution in [0.2, 0.25) is 0 Å². The Morgan fingerprint density at radius 3 is 2.00 bits per heavy atom. The molecule has 1 amide bonds. The van der Waals surface area contributed by atoms with Gasteiger partial charge in [-0.3, -0.25) is 0 Å². The van der Waals surface area contributed by atoms with Crippen LogP contribution >= 0.6 is 0 Å². The maximum Gasteiger partial charge on any atom is 0.407 e. The van der Waals surface area contributed by atoms with Crippen LogP contribution in [0.4, 0.5) is 4.79 Å². The molecule has 4 nitrogen and oxygen atoms in total. The molecule has 124 valence electrons. The average Bonchev–Trinajstić information content (AvgIpc) is 2.34. The number of nitrogens with one attached hydrogen (secondary N) is 1. The molecule has 22 heavy (non-hydrogen) atoms. The number of benzene rings is 1. The highest BCUT2D eigenvalue weighted by Crippen LogP contribution is 2.25. The first-order chi connectivity index (χ1) is 9.90. The summed E-state index contributed by atoms with van der Waals surface area (Å²) < 4.78 is 5.20. The van der Waals surface area contributed by atoms with Crippen LogP contribution in [0.15, 0.2) is 24.3 Å². The minimum atomic E-state index is -0.776. The lowest BCUT2D eigenvalue weighted by molar-refractivity contribution is 0.0436. The Morgan fingerprint density at radius 2 is 1.59 bits per heavy atom. The quantitative estimate of drug-likeness (QED) is 0.889. The van der Waals surface area contributed by atoms with Crippen molar-refractivity contribution in [3.8, 4) is 0 Å². The zero-order valence-electron chi connectivity index (χ0n) is 14.7.